The summed E-state index contributed by atoms with van der Waals surface area (Å²) in [6.07, 6.45) is -5.35. The number of ketones is 1. The van der Waals surface area contributed by atoms with Crippen molar-refractivity contribution in [1.82, 2.24) is 0 Å². The van der Waals surface area contributed by atoms with E-state index in [1.54, 1.807) is 30.3 Å². The molecule has 0 saturated carbocycles. The number of hydrogen-bond donors (Lipinski definition) is 0. The number of hydrogen-bond acceptors (Lipinski definition) is 12. The summed E-state index contributed by atoms with van der Waals surface area (Å²) < 4.78 is 46.5. The van der Waals surface area contributed by atoms with E-state index in [2.05, 4.69) is 0 Å². The second kappa shape index (κ2) is 18.3. The first-order valence-corrected chi connectivity index (χ1v) is 17.1. The van der Waals surface area contributed by atoms with Crippen molar-refractivity contribution in [2.45, 2.75) is 64.0 Å². The smallest absolute Gasteiger partial charge is 0.303 e. The van der Waals surface area contributed by atoms with Crippen molar-refractivity contribution in [2.75, 3.05) is 13.7 Å². The maximum Gasteiger partial charge on any atom is 0.303 e. The van der Waals surface area contributed by atoms with Crippen LogP contribution in [-0.4, -0.2) is 67.4 Å². The molecule has 4 aromatic carbocycles. The minimum absolute atomic E-state index is 0.0174. The number of ether oxygens (including phenoxy) is 8. The standard InChI is InChI=1S/C40H39ClO12/c1-24(42)47-23-34-36(41)38(50-25(2)43)39(51-26(3)44)40(53-34)52-33-20-31(49-22-28-13-9-6-10-14-28)19-32(46-4)35(33)37(45)29-15-17-30(18-16-29)48-21-27-11-7-5-8-12-27/h5-20,34,36,38-40H,21-23H2,1-4H3/t34-,36+,38+,39-,40-/m1/s1. The van der Waals surface area contributed by atoms with Gasteiger partial charge in [0.05, 0.1) is 7.11 Å². The number of carbonyl (C=O) groups is 4. The van der Waals surface area contributed by atoms with Crippen LogP contribution in [0.1, 0.15) is 47.8 Å². The Balaban J connectivity index is 1.53. The van der Waals surface area contributed by atoms with Gasteiger partial charge < -0.3 is 37.9 Å². The van der Waals surface area contributed by atoms with Gasteiger partial charge in [-0.3, -0.25) is 19.2 Å². The van der Waals surface area contributed by atoms with Crippen molar-refractivity contribution in [3.63, 3.8) is 0 Å². The van der Waals surface area contributed by atoms with Crippen LogP contribution in [0.2, 0.25) is 0 Å². The highest BCUT2D eigenvalue weighted by atomic mass is 35.5. The fourth-order valence-electron chi connectivity index (χ4n) is 5.52. The molecule has 0 spiro atoms. The van der Waals surface area contributed by atoms with Crippen molar-refractivity contribution in [3.05, 3.63) is 119 Å². The highest BCUT2D eigenvalue weighted by Crippen LogP contribution is 2.39. The van der Waals surface area contributed by atoms with Crippen LogP contribution < -0.4 is 18.9 Å². The van der Waals surface area contributed by atoms with Gasteiger partial charge in [-0.05, 0) is 35.4 Å². The van der Waals surface area contributed by atoms with Crippen LogP contribution >= 0.6 is 11.6 Å². The lowest BCUT2D eigenvalue weighted by atomic mass is 9.99. The van der Waals surface area contributed by atoms with E-state index < -0.39 is 53.7 Å². The van der Waals surface area contributed by atoms with Crippen LogP contribution in [-0.2, 0) is 46.5 Å². The molecule has 1 saturated heterocycles. The monoisotopic (exact) mass is 746 g/mol. The molecule has 0 aromatic heterocycles. The van der Waals surface area contributed by atoms with E-state index in [-0.39, 0.29) is 41.6 Å². The third-order valence-electron chi connectivity index (χ3n) is 7.97. The van der Waals surface area contributed by atoms with Gasteiger partial charge >= 0.3 is 17.9 Å². The van der Waals surface area contributed by atoms with Gasteiger partial charge in [-0.1, -0.05) is 60.7 Å². The quantitative estimate of drug-likeness (QED) is 0.0590. The van der Waals surface area contributed by atoms with Crippen LogP contribution in [0.4, 0.5) is 0 Å². The second-order valence-corrected chi connectivity index (χ2v) is 12.5. The van der Waals surface area contributed by atoms with Crippen molar-refractivity contribution in [3.8, 4) is 23.0 Å². The predicted molar refractivity (Wildman–Crippen MR) is 191 cm³/mol. The Labute approximate surface area is 311 Å². The number of methoxy groups -OCH3 is 1. The topological polar surface area (TPSA) is 142 Å². The molecule has 0 radical (unpaired) electrons. The number of benzene rings is 4. The van der Waals surface area contributed by atoms with E-state index in [0.717, 1.165) is 25.0 Å². The van der Waals surface area contributed by atoms with Gasteiger partial charge in [0.2, 0.25) is 18.2 Å². The van der Waals surface area contributed by atoms with Crippen LogP contribution in [0, 0.1) is 0 Å². The maximum atomic E-state index is 14.3. The zero-order valence-corrected chi connectivity index (χ0v) is 30.3. The van der Waals surface area contributed by atoms with E-state index in [1.807, 2.05) is 60.7 Å². The van der Waals surface area contributed by atoms with Gasteiger partial charge in [0.1, 0.15) is 59.9 Å². The van der Waals surface area contributed by atoms with E-state index in [1.165, 1.54) is 20.1 Å². The van der Waals surface area contributed by atoms with Gasteiger partial charge in [0.15, 0.2) is 6.10 Å². The normalized spacial score (nSPS) is 19.3. The SMILES string of the molecule is COc1cc(OCc2ccccc2)cc(O[C@@H]2O[C@H](COC(C)=O)[C@H](Cl)[C@H](OC(C)=O)[C@H]2OC(C)=O)c1C(=O)c1ccc(OCc2ccccc2)cc1. The molecule has 1 aliphatic heterocycles. The molecule has 0 amide bonds. The summed E-state index contributed by atoms with van der Waals surface area (Å²) in [6.45, 7) is 3.68. The Kier molecular flexibility index (Phi) is 13.3. The molecule has 1 aliphatic rings. The van der Waals surface area contributed by atoms with Crippen LogP contribution in [0.15, 0.2) is 97.1 Å². The first-order chi connectivity index (χ1) is 25.5. The first kappa shape index (κ1) is 38.6. The van der Waals surface area contributed by atoms with Crippen LogP contribution in [0.3, 0.4) is 0 Å². The molecular formula is C40H39ClO12. The number of carbonyl (C=O) groups excluding carboxylic acids is 4. The summed E-state index contributed by atoms with van der Waals surface area (Å²) in [7, 11) is 1.39. The molecule has 0 N–H and O–H groups in total. The molecule has 12 nitrogen and oxygen atoms in total. The minimum Gasteiger partial charge on any atom is -0.496 e. The van der Waals surface area contributed by atoms with Gasteiger partial charge in [-0.25, -0.2) is 0 Å². The van der Waals surface area contributed by atoms with Crippen LogP contribution in [0.25, 0.3) is 0 Å². The Morgan fingerprint density at radius 2 is 1.23 bits per heavy atom. The van der Waals surface area contributed by atoms with Gasteiger partial charge in [-0.2, -0.15) is 0 Å². The lowest BCUT2D eigenvalue weighted by Crippen LogP contribution is -2.61. The Morgan fingerprint density at radius 1 is 0.679 bits per heavy atom. The third-order valence-corrected chi connectivity index (χ3v) is 8.50. The Bertz CT molecular complexity index is 1870. The van der Waals surface area contributed by atoms with E-state index in [9.17, 15) is 19.2 Å². The largest absolute Gasteiger partial charge is 0.496 e. The summed E-state index contributed by atoms with van der Waals surface area (Å²) in [5.41, 5.74) is 2.11. The fourth-order valence-corrected chi connectivity index (χ4v) is 5.84. The summed E-state index contributed by atoms with van der Waals surface area (Å²) in [5.74, 6) is -1.76. The average molecular weight is 747 g/mol. The molecule has 1 fully saturated rings. The van der Waals surface area contributed by atoms with Crippen LogP contribution in [0.5, 0.6) is 23.0 Å². The Morgan fingerprint density at radius 3 is 1.77 bits per heavy atom. The molecule has 4 aromatic rings. The lowest BCUT2D eigenvalue weighted by molar-refractivity contribution is -0.252. The van der Waals surface area contributed by atoms with E-state index >= 15 is 0 Å². The second-order valence-electron chi connectivity index (χ2n) is 12.0. The summed E-state index contributed by atoms with van der Waals surface area (Å²) >= 11 is 6.68. The lowest BCUT2D eigenvalue weighted by Gasteiger charge is -2.42. The predicted octanol–water partition coefficient (Wildman–Crippen LogP) is 6.22. The molecule has 0 unspecified atom stereocenters. The molecular weight excluding hydrogens is 708 g/mol. The van der Waals surface area contributed by atoms with E-state index in [0.29, 0.717) is 12.4 Å². The van der Waals surface area contributed by atoms with Gasteiger partial charge in [0, 0.05) is 38.5 Å². The van der Waals surface area contributed by atoms with Gasteiger partial charge in [0.25, 0.3) is 0 Å². The third kappa shape index (κ3) is 10.5. The van der Waals surface area contributed by atoms with Crippen molar-refractivity contribution >= 4 is 35.3 Å². The van der Waals surface area contributed by atoms with Crippen molar-refractivity contribution < 1.29 is 57.1 Å². The molecule has 0 aliphatic carbocycles. The number of halogens is 1. The maximum absolute atomic E-state index is 14.3. The minimum atomic E-state index is -1.53. The summed E-state index contributed by atoms with van der Waals surface area (Å²) in [5, 5.41) is -1.14. The number of alkyl halides is 1. The molecule has 53 heavy (non-hydrogen) atoms. The Hall–Kier alpha value is -5.59. The molecule has 13 heteroatoms. The summed E-state index contributed by atoms with van der Waals surface area (Å²) in [6, 6.07) is 28.6. The molecule has 5 atom stereocenters. The summed E-state index contributed by atoms with van der Waals surface area (Å²) in [4.78, 5) is 50.6. The van der Waals surface area contributed by atoms with Crippen molar-refractivity contribution in [1.29, 1.82) is 0 Å². The zero-order valence-electron chi connectivity index (χ0n) is 29.5. The molecule has 5 rings (SSSR count). The zero-order chi connectivity index (χ0) is 37.9. The molecule has 278 valence electrons. The van der Waals surface area contributed by atoms with Gasteiger partial charge in [-0.15, -0.1) is 11.6 Å². The first-order valence-electron chi connectivity index (χ1n) is 16.7. The molecule has 0 bridgehead atoms. The highest BCUT2D eigenvalue weighted by molar-refractivity contribution is 6.21. The molecule has 1 heterocycles. The number of rotatable bonds is 15. The number of esters is 3. The fraction of sp³-hybridized carbons (Fsp3) is 0.300. The van der Waals surface area contributed by atoms with Crippen molar-refractivity contribution in [2.24, 2.45) is 0 Å². The average Bonchev–Trinajstić information content (AvgIpc) is 3.15. The van der Waals surface area contributed by atoms with E-state index in [4.69, 9.17) is 49.5 Å². The highest BCUT2D eigenvalue weighted by Gasteiger charge is 2.51.